The Morgan fingerprint density at radius 3 is 3.20 bits per heavy atom. The molecular formula is C17H14N4O3S. The minimum absolute atomic E-state index is 0.341. The SMILES string of the molecule is C=CCON=C1CCOc2oc(-c3cnc(-c4cccnc4)s3)nc21. The maximum Gasteiger partial charge on any atom is 0.315 e. The summed E-state index contributed by atoms with van der Waals surface area (Å²) in [6.45, 7) is 4.41. The smallest absolute Gasteiger partial charge is 0.315 e. The molecule has 0 unspecified atom stereocenters. The Morgan fingerprint density at radius 1 is 1.40 bits per heavy atom. The average molecular weight is 354 g/mol. The standard InChI is InChI=1S/C17H14N4O3S/c1-2-7-23-21-12-5-8-22-17-14(12)20-15(24-17)13-10-19-16(25-13)11-4-3-6-18-9-11/h2-4,6,9-10H,1,5,7-8H2. The van der Waals surface area contributed by atoms with Crippen molar-refractivity contribution in [2.24, 2.45) is 5.16 Å². The lowest BCUT2D eigenvalue weighted by Crippen LogP contribution is -2.16. The molecule has 0 radical (unpaired) electrons. The number of pyridine rings is 1. The predicted octanol–water partition coefficient (Wildman–Crippen LogP) is 3.55. The molecule has 0 aromatic carbocycles. The first kappa shape index (κ1) is 15.5. The van der Waals surface area contributed by atoms with Gasteiger partial charge in [0.25, 0.3) is 0 Å². The van der Waals surface area contributed by atoms with E-state index in [1.807, 2.05) is 12.1 Å². The van der Waals surface area contributed by atoms with Crippen molar-refractivity contribution in [1.29, 1.82) is 0 Å². The number of nitrogens with zero attached hydrogens (tertiary/aromatic N) is 4. The highest BCUT2D eigenvalue weighted by molar-refractivity contribution is 7.18. The maximum absolute atomic E-state index is 5.74. The summed E-state index contributed by atoms with van der Waals surface area (Å²) < 4.78 is 11.3. The molecule has 126 valence electrons. The van der Waals surface area contributed by atoms with E-state index in [9.17, 15) is 0 Å². The average Bonchev–Trinajstić information content (AvgIpc) is 3.30. The molecule has 0 saturated heterocycles. The predicted molar refractivity (Wildman–Crippen MR) is 93.6 cm³/mol. The lowest BCUT2D eigenvalue weighted by atomic mass is 10.2. The van der Waals surface area contributed by atoms with Crippen molar-refractivity contribution in [1.82, 2.24) is 15.0 Å². The fraction of sp³-hybridized carbons (Fsp3) is 0.176. The first-order valence-corrected chi connectivity index (χ1v) is 8.47. The van der Waals surface area contributed by atoms with Crippen molar-refractivity contribution in [2.75, 3.05) is 13.2 Å². The zero-order chi connectivity index (χ0) is 17.1. The minimum Gasteiger partial charge on any atom is -0.463 e. The number of ether oxygens (including phenoxy) is 1. The largest absolute Gasteiger partial charge is 0.463 e. The third kappa shape index (κ3) is 3.16. The lowest BCUT2D eigenvalue weighted by molar-refractivity contribution is 0.171. The molecule has 0 N–H and O–H groups in total. The van der Waals surface area contributed by atoms with Gasteiger partial charge in [-0.1, -0.05) is 17.8 Å². The summed E-state index contributed by atoms with van der Waals surface area (Å²) in [5, 5.41) is 4.95. The first-order valence-electron chi connectivity index (χ1n) is 7.65. The van der Waals surface area contributed by atoms with Crippen LogP contribution in [0.2, 0.25) is 0 Å². The Bertz CT molecular complexity index is 917. The van der Waals surface area contributed by atoms with Gasteiger partial charge in [-0.3, -0.25) is 4.98 Å². The van der Waals surface area contributed by atoms with Gasteiger partial charge in [-0.05, 0) is 12.1 Å². The normalized spacial score (nSPS) is 14.8. The highest BCUT2D eigenvalue weighted by Crippen LogP contribution is 2.35. The molecule has 4 rings (SSSR count). The molecule has 3 aromatic heterocycles. The summed E-state index contributed by atoms with van der Waals surface area (Å²) in [6, 6.07) is 3.83. The molecule has 0 aliphatic carbocycles. The van der Waals surface area contributed by atoms with Gasteiger partial charge in [-0.15, -0.1) is 11.3 Å². The van der Waals surface area contributed by atoms with E-state index in [1.165, 1.54) is 11.3 Å². The van der Waals surface area contributed by atoms with Gasteiger partial charge < -0.3 is 14.0 Å². The van der Waals surface area contributed by atoms with E-state index in [-0.39, 0.29) is 0 Å². The molecule has 0 atom stereocenters. The van der Waals surface area contributed by atoms with Crippen LogP contribution in [0.5, 0.6) is 5.95 Å². The Labute approximate surface area is 147 Å². The van der Waals surface area contributed by atoms with Gasteiger partial charge in [0.05, 0.1) is 12.8 Å². The number of thiazole rings is 1. The number of hydrogen-bond acceptors (Lipinski definition) is 8. The topological polar surface area (TPSA) is 82.6 Å². The number of oxime groups is 1. The molecule has 1 aliphatic heterocycles. The molecule has 3 aromatic rings. The Kier molecular flexibility index (Phi) is 4.26. The zero-order valence-electron chi connectivity index (χ0n) is 13.2. The second-order valence-corrected chi connectivity index (χ2v) is 6.18. The number of aromatic nitrogens is 3. The van der Waals surface area contributed by atoms with Crippen LogP contribution in [0.25, 0.3) is 21.3 Å². The summed E-state index contributed by atoms with van der Waals surface area (Å²) in [5.74, 6) is 0.814. The van der Waals surface area contributed by atoms with Crippen LogP contribution in [0.1, 0.15) is 12.1 Å². The minimum atomic E-state index is 0.341. The van der Waals surface area contributed by atoms with Crippen LogP contribution in [0.3, 0.4) is 0 Å². The van der Waals surface area contributed by atoms with E-state index < -0.39 is 0 Å². The van der Waals surface area contributed by atoms with Gasteiger partial charge in [0.1, 0.15) is 22.2 Å². The zero-order valence-corrected chi connectivity index (χ0v) is 14.0. The molecular weight excluding hydrogens is 340 g/mol. The highest BCUT2D eigenvalue weighted by atomic mass is 32.1. The second-order valence-electron chi connectivity index (χ2n) is 5.15. The van der Waals surface area contributed by atoms with Crippen molar-refractivity contribution in [2.45, 2.75) is 6.42 Å². The van der Waals surface area contributed by atoms with Crippen molar-refractivity contribution < 1.29 is 14.0 Å². The van der Waals surface area contributed by atoms with Crippen LogP contribution < -0.4 is 4.74 Å². The summed E-state index contributed by atoms with van der Waals surface area (Å²) in [4.78, 5) is 19.0. The van der Waals surface area contributed by atoms with E-state index in [0.717, 1.165) is 15.4 Å². The van der Waals surface area contributed by atoms with Crippen LogP contribution in [0.4, 0.5) is 0 Å². The van der Waals surface area contributed by atoms with E-state index >= 15 is 0 Å². The molecule has 7 nitrogen and oxygen atoms in total. The summed E-state index contributed by atoms with van der Waals surface area (Å²) >= 11 is 1.48. The monoisotopic (exact) mass is 354 g/mol. The molecule has 0 spiro atoms. The highest BCUT2D eigenvalue weighted by Gasteiger charge is 2.26. The van der Waals surface area contributed by atoms with Gasteiger partial charge in [-0.2, -0.15) is 0 Å². The number of oxazole rings is 1. The van der Waals surface area contributed by atoms with Gasteiger partial charge in [-0.25, -0.2) is 9.97 Å². The molecule has 1 aliphatic rings. The van der Waals surface area contributed by atoms with E-state index in [2.05, 4.69) is 26.7 Å². The lowest BCUT2D eigenvalue weighted by Gasteiger charge is -2.11. The summed E-state index contributed by atoms with van der Waals surface area (Å²) in [7, 11) is 0. The summed E-state index contributed by atoms with van der Waals surface area (Å²) in [6.07, 6.45) is 7.48. The molecule has 0 amide bonds. The fourth-order valence-corrected chi connectivity index (χ4v) is 3.14. The van der Waals surface area contributed by atoms with Gasteiger partial charge in [0, 0.05) is 24.4 Å². The second kappa shape index (κ2) is 6.86. The Morgan fingerprint density at radius 2 is 2.36 bits per heavy atom. The van der Waals surface area contributed by atoms with Crippen molar-refractivity contribution >= 4 is 17.0 Å². The molecule has 0 fully saturated rings. The number of hydrogen-bond donors (Lipinski definition) is 0. The van der Waals surface area contributed by atoms with Crippen molar-refractivity contribution in [3.05, 3.63) is 49.1 Å². The van der Waals surface area contributed by atoms with Gasteiger partial charge in [0.15, 0.2) is 5.69 Å². The maximum atomic E-state index is 5.74. The van der Waals surface area contributed by atoms with Crippen LogP contribution in [-0.4, -0.2) is 33.9 Å². The Balaban J connectivity index is 1.64. The molecule has 4 heterocycles. The van der Waals surface area contributed by atoms with Gasteiger partial charge in [0.2, 0.25) is 5.89 Å². The summed E-state index contributed by atoms with van der Waals surface area (Å²) in [5.41, 5.74) is 2.23. The van der Waals surface area contributed by atoms with E-state index in [1.54, 1.807) is 24.7 Å². The number of fused-ring (bicyclic) bond motifs is 1. The van der Waals surface area contributed by atoms with E-state index in [0.29, 0.717) is 42.9 Å². The Hall–Kier alpha value is -3.00. The van der Waals surface area contributed by atoms with Crippen LogP contribution in [0, 0.1) is 0 Å². The van der Waals surface area contributed by atoms with Gasteiger partial charge >= 0.3 is 5.95 Å². The molecule has 0 bridgehead atoms. The molecule has 8 heteroatoms. The number of rotatable bonds is 5. The van der Waals surface area contributed by atoms with Crippen LogP contribution in [-0.2, 0) is 4.84 Å². The van der Waals surface area contributed by atoms with Crippen LogP contribution in [0.15, 0.2) is 53.0 Å². The fourth-order valence-electron chi connectivity index (χ4n) is 2.30. The third-order valence-corrected chi connectivity index (χ3v) is 4.47. The molecule has 0 saturated carbocycles. The van der Waals surface area contributed by atoms with Crippen molar-refractivity contribution in [3.63, 3.8) is 0 Å². The first-order chi connectivity index (χ1) is 12.3. The van der Waals surface area contributed by atoms with E-state index in [4.69, 9.17) is 14.0 Å². The molecule has 25 heavy (non-hydrogen) atoms. The van der Waals surface area contributed by atoms with Crippen LogP contribution >= 0.6 is 11.3 Å². The third-order valence-electron chi connectivity index (χ3n) is 3.43. The van der Waals surface area contributed by atoms with Crippen molar-refractivity contribution in [3.8, 4) is 27.3 Å². The quantitative estimate of drug-likeness (QED) is 0.396.